The summed E-state index contributed by atoms with van der Waals surface area (Å²) in [7, 11) is 3.97. The molecule has 1 saturated heterocycles. The van der Waals surface area contributed by atoms with E-state index in [1.54, 1.807) is 24.9 Å². The molecule has 48 heavy (non-hydrogen) atoms. The lowest BCUT2D eigenvalue weighted by molar-refractivity contribution is -0.906. The van der Waals surface area contributed by atoms with Crippen LogP contribution in [0.5, 0.6) is 0 Å². The number of amides is 1. The van der Waals surface area contributed by atoms with Crippen molar-refractivity contribution < 1.29 is 38.5 Å². The summed E-state index contributed by atoms with van der Waals surface area (Å²) in [6.07, 6.45) is 11.6. The number of allylic oxidation sites excluding steroid dienone is 3. The molecule has 0 aliphatic carbocycles. The molecule has 2 N–H and O–H groups in total. The second kappa shape index (κ2) is 19.3. The van der Waals surface area contributed by atoms with Crippen LogP contribution >= 0.6 is 0 Å². The van der Waals surface area contributed by atoms with Crippen LogP contribution < -0.4 is 0 Å². The SMILES string of the molecule is CC[C@H](O)[C@@H](C)[C@H]1O[C@@H]1C[C@H](C)/C=C/C=C(\C)[C@H]1OC(=O)C[C@H](C)CC[C@@](C)(O)[C@@H](OC(=O)N(C)CCC[N+](C)(CC)CC)/C=C/[C@@H]1C. The number of hydrogen-bond donors (Lipinski definition) is 2. The van der Waals surface area contributed by atoms with Crippen molar-refractivity contribution in [3.63, 3.8) is 0 Å². The van der Waals surface area contributed by atoms with Gasteiger partial charge in [-0.05, 0) is 76.9 Å². The molecule has 1 amide bonds. The molecule has 2 aliphatic rings. The predicted octanol–water partition coefficient (Wildman–Crippen LogP) is 6.68. The number of aliphatic hydroxyl groups is 2. The van der Waals surface area contributed by atoms with Gasteiger partial charge in [-0.2, -0.15) is 0 Å². The molecule has 1 fully saturated rings. The molecule has 2 aliphatic heterocycles. The number of hydrogen-bond acceptors (Lipinski definition) is 7. The third-order valence-corrected chi connectivity index (χ3v) is 10.9. The monoisotopic (exact) mass is 678 g/mol. The van der Waals surface area contributed by atoms with Crippen LogP contribution in [0.25, 0.3) is 0 Å². The van der Waals surface area contributed by atoms with Crippen molar-refractivity contribution in [3.8, 4) is 0 Å². The molecule has 276 valence electrons. The van der Waals surface area contributed by atoms with E-state index < -0.39 is 23.9 Å². The first kappa shape index (κ1) is 42.0. The van der Waals surface area contributed by atoms with Gasteiger partial charge in [0.05, 0.1) is 45.0 Å². The number of cyclic esters (lactones) is 1. The van der Waals surface area contributed by atoms with Gasteiger partial charge in [0.15, 0.2) is 6.10 Å². The van der Waals surface area contributed by atoms with Crippen LogP contribution in [0.3, 0.4) is 0 Å². The molecule has 0 aromatic carbocycles. The Bertz CT molecular complexity index is 1100. The van der Waals surface area contributed by atoms with E-state index in [1.165, 1.54) is 0 Å². The number of carbonyl (C=O) groups excluding carboxylic acids is 2. The Morgan fingerprint density at radius 2 is 1.88 bits per heavy atom. The van der Waals surface area contributed by atoms with E-state index in [0.717, 1.165) is 49.0 Å². The second-order valence-electron chi connectivity index (χ2n) is 15.4. The number of epoxide rings is 1. The van der Waals surface area contributed by atoms with E-state index >= 15 is 0 Å². The third kappa shape index (κ3) is 13.3. The Labute approximate surface area is 292 Å². The Kier molecular flexibility index (Phi) is 16.8. The van der Waals surface area contributed by atoms with Crippen LogP contribution in [0.15, 0.2) is 36.0 Å². The van der Waals surface area contributed by atoms with E-state index in [0.29, 0.717) is 19.4 Å². The first-order valence-corrected chi connectivity index (χ1v) is 18.5. The number of esters is 1. The minimum absolute atomic E-state index is 0.00779. The van der Waals surface area contributed by atoms with Gasteiger partial charge >= 0.3 is 12.1 Å². The second-order valence-corrected chi connectivity index (χ2v) is 15.4. The maximum Gasteiger partial charge on any atom is 0.410 e. The number of ether oxygens (including phenoxy) is 3. The summed E-state index contributed by atoms with van der Waals surface area (Å²) in [6, 6.07) is 0. The molecule has 0 aromatic heterocycles. The molecule has 0 spiro atoms. The van der Waals surface area contributed by atoms with Crippen LogP contribution in [0.1, 0.15) is 101 Å². The van der Waals surface area contributed by atoms with Gasteiger partial charge in [-0.25, -0.2) is 4.79 Å². The molecule has 0 radical (unpaired) electrons. The van der Waals surface area contributed by atoms with Crippen molar-refractivity contribution in [1.82, 2.24) is 4.90 Å². The number of aliphatic hydroxyl groups excluding tert-OH is 1. The van der Waals surface area contributed by atoms with Gasteiger partial charge in [-0.1, -0.05) is 58.9 Å². The standard InChI is InChI=1S/C39H69N2O7/c1-12-32(42)31(8)37-33(46-37)25-27(4)17-15-18-29(6)36-30(7)19-20-34(39(9,45)22-21-28(5)26-35(43)48-36)47-38(44)40(10)23-16-24-41(11,13-2)14-3/h15,17-20,27-28,30-34,36-37,42,45H,12-14,16,21-26H2,1-11H3/q+1/b17-15+,20-19+,29-18+/t27-,28-,30+,31-,32+,33-,34+,36-,37-,39-/m1/s1. The summed E-state index contributed by atoms with van der Waals surface area (Å²) in [5, 5.41) is 21.7. The zero-order valence-electron chi connectivity index (χ0n) is 32.0. The molecule has 0 saturated carbocycles. The van der Waals surface area contributed by atoms with Crippen LogP contribution in [0.2, 0.25) is 0 Å². The Morgan fingerprint density at radius 1 is 1.21 bits per heavy atom. The van der Waals surface area contributed by atoms with Crippen LogP contribution in [-0.2, 0) is 19.0 Å². The molecule has 9 nitrogen and oxygen atoms in total. The zero-order chi connectivity index (χ0) is 36.2. The minimum atomic E-state index is -1.31. The molecule has 0 aromatic rings. The summed E-state index contributed by atoms with van der Waals surface area (Å²) in [5.74, 6) is -0.0855. The highest BCUT2D eigenvalue weighted by Crippen LogP contribution is 2.36. The fraction of sp³-hybridized carbons (Fsp3) is 0.795. The van der Waals surface area contributed by atoms with Gasteiger partial charge in [-0.3, -0.25) is 4.79 Å². The van der Waals surface area contributed by atoms with Crippen molar-refractivity contribution in [1.29, 1.82) is 0 Å². The van der Waals surface area contributed by atoms with E-state index in [-0.39, 0.29) is 54.4 Å². The van der Waals surface area contributed by atoms with E-state index in [2.05, 4.69) is 33.9 Å². The van der Waals surface area contributed by atoms with E-state index in [9.17, 15) is 19.8 Å². The number of rotatable bonds is 15. The summed E-state index contributed by atoms with van der Waals surface area (Å²) < 4.78 is 18.8. The largest absolute Gasteiger partial charge is 0.457 e. The lowest BCUT2D eigenvalue weighted by atomic mass is 9.87. The van der Waals surface area contributed by atoms with Gasteiger partial charge in [-0.15, -0.1) is 0 Å². The molecule has 0 bridgehead atoms. The first-order chi connectivity index (χ1) is 22.5. The average molecular weight is 678 g/mol. The molecule has 10 atom stereocenters. The van der Waals surface area contributed by atoms with Crippen molar-refractivity contribution >= 4 is 12.1 Å². The van der Waals surface area contributed by atoms with Crippen LogP contribution in [0, 0.1) is 23.7 Å². The highest BCUT2D eigenvalue weighted by molar-refractivity contribution is 5.70. The van der Waals surface area contributed by atoms with Crippen molar-refractivity contribution in [3.05, 3.63) is 36.0 Å². The number of nitrogens with zero attached hydrogens (tertiary/aromatic N) is 2. The molecule has 2 heterocycles. The fourth-order valence-corrected chi connectivity index (χ4v) is 6.48. The quantitative estimate of drug-likeness (QED) is 0.0655. The smallest absolute Gasteiger partial charge is 0.410 e. The number of quaternary nitrogens is 1. The van der Waals surface area contributed by atoms with Crippen LogP contribution in [-0.4, -0.2) is 108 Å². The minimum Gasteiger partial charge on any atom is -0.457 e. The summed E-state index contributed by atoms with van der Waals surface area (Å²) in [6.45, 7) is 21.8. The van der Waals surface area contributed by atoms with Crippen LogP contribution in [0.4, 0.5) is 4.79 Å². The zero-order valence-corrected chi connectivity index (χ0v) is 32.0. The van der Waals surface area contributed by atoms with Gasteiger partial charge in [0, 0.05) is 38.3 Å². The highest BCUT2D eigenvalue weighted by Gasteiger charge is 2.45. The van der Waals surface area contributed by atoms with Crippen molar-refractivity contribution in [2.24, 2.45) is 23.7 Å². The van der Waals surface area contributed by atoms with Crippen molar-refractivity contribution in [2.75, 3.05) is 40.3 Å². The molecule has 2 rings (SSSR count). The molecular formula is C39H69N2O7+. The highest BCUT2D eigenvalue weighted by atomic mass is 16.6. The molecule has 0 unspecified atom stereocenters. The average Bonchev–Trinajstić information content (AvgIpc) is 3.81. The maximum atomic E-state index is 13.2. The van der Waals surface area contributed by atoms with Crippen molar-refractivity contribution in [2.45, 2.75) is 137 Å². The number of carbonyl (C=O) groups is 2. The lowest BCUT2D eigenvalue weighted by Crippen LogP contribution is -2.46. The predicted molar refractivity (Wildman–Crippen MR) is 192 cm³/mol. The van der Waals surface area contributed by atoms with Gasteiger partial charge in [0.1, 0.15) is 11.7 Å². The van der Waals surface area contributed by atoms with Gasteiger partial charge in [0.2, 0.25) is 0 Å². The lowest BCUT2D eigenvalue weighted by Gasteiger charge is -2.34. The van der Waals surface area contributed by atoms with Gasteiger partial charge < -0.3 is 33.8 Å². The molecular weight excluding hydrogens is 608 g/mol. The summed E-state index contributed by atoms with van der Waals surface area (Å²) >= 11 is 0. The third-order valence-electron chi connectivity index (χ3n) is 10.9. The molecule has 9 heteroatoms. The van der Waals surface area contributed by atoms with E-state index in [4.69, 9.17) is 14.2 Å². The Balaban J connectivity index is 2.15. The van der Waals surface area contributed by atoms with Gasteiger partial charge in [0.25, 0.3) is 0 Å². The summed E-state index contributed by atoms with van der Waals surface area (Å²) in [4.78, 5) is 27.8. The first-order valence-electron chi connectivity index (χ1n) is 18.5. The van der Waals surface area contributed by atoms with E-state index in [1.807, 2.05) is 52.8 Å². The fourth-order valence-electron chi connectivity index (χ4n) is 6.48. The normalized spacial score (nSPS) is 31.6. The topological polar surface area (TPSA) is 109 Å². The summed E-state index contributed by atoms with van der Waals surface area (Å²) in [5.41, 5.74) is -0.404. The Morgan fingerprint density at radius 3 is 2.50 bits per heavy atom. The Hall–Kier alpha value is -2.20. The maximum absolute atomic E-state index is 13.2.